The largest absolute Gasteiger partial charge is 0.507 e. The summed E-state index contributed by atoms with van der Waals surface area (Å²) in [5.41, 5.74) is 9.89. The van der Waals surface area contributed by atoms with Crippen LogP contribution in [0.2, 0.25) is 0 Å². The number of rotatable bonds is 12. The molecule has 0 bridgehead atoms. The van der Waals surface area contributed by atoms with Gasteiger partial charge in [0.05, 0.1) is 45.0 Å². The number of nitrogens with zero attached hydrogens (tertiary/aromatic N) is 16. The van der Waals surface area contributed by atoms with Gasteiger partial charge in [0.2, 0.25) is 23.6 Å². The normalized spacial score (nSPS) is 10.7. The first-order valence-electron chi connectivity index (χ1n) is 43.2. The number of para-hydroxylation sites is 4. The Hall–Kier alpha value is -15.5. The molecule has 0 fully saturated rings. The Bertz CT molecular complexity index is 7000. The van der Waals surface area contributed by atoms with E-state index >= 15 is 0 Å². The third kappa shape index (κ3) is 32.7. The number of phenols is 4. The topological polar surface area (TPSA) is 340 Å². The maximum atomic E-state index is 12.6. The van der Waals surface area contributed by atoms with Crippen LogP contribution in [-0.2, 0) is 105 Å². The van der Waals surface area contributed by atoms with Gasteiger partial charge in [-0.25, -0.2) is 0 Å². The fourth-order valence-corrected chi connectivity index (χ4v) is 13.1. The number of phenolic OH excluding ortho intramolecular Hbond substituents is 4. The molecular weight excluding hydrogens is 2650 g/mol. The van der Waals surface area contributed by atoms with Crippen LogP contribution >= 0.6 is 0 Å². The second kappa shape index (κ2) is 53.5. The van der Waals surface area contributed by atoms with Crippen LogP contribution in [0.25, 0.3) is 137 Å². The Morgan fingerprint density at radius 1 is 0.250 bits per heavy atom. The average molecular weight is 2730 g/mol. The van der Waals surface area contributed by atoms with Crippen molar-refractivity contribution < 1.29 is 171 Å². The van der Waals surface area contributed by atoms with Crippen molar-refractivity contribution in [2.75, 3.05) is 0 Å². The second-order valence-electron chi connectivity index (χ2n) is 31.0. The molecule has 0 aliphatic carbocycles. The van der Waals surface area contributed by atoms with E-state index in [1.807, 2.05) is 154 Å². The summed E-state index contributed by atoms with van der Waals surface area (Å²) in [6, 6.07) is 97.7. The molecule has 4 N–H and O–H groups in total. The molecule has 0 aliphatic rings. The molecule has 24 nitrogen and oxygen atoms in total. The van der Waals surface area contributed by atoms with E-state index in [0.717, 1.165) is 56.9 Å². The number of benzene rings is 8. The summed E-state index contributed by atoms with van der Waals surface area (Å²) >= 11 is 0. The van der Waals surface area contributed by atoms with Gasteiger partial charge in [-0.05, 0) is 208 Å². The van der Waals surface area contributed by atoms with Crippen molar-refractivity contribution in [3.05, 3.63) is 408 Å². The van der Waals surface area contributed by atoms with Crippen LogP contribution in [0.15, 0.2) is 333 Å². The van der Waals surface area contributed by atoms with Gasteiger partial charge in [-0.15, -0.1) is 100 Å². The zero-order chi connectivity index (χ0) is 103. The van der Waals surface area contributed by atoms with Crippen molar-refractivity contribution in [3.8, 4) is 160 Å². The summed E-state index contributed by atoms with van der Waals surface area (Å²) in [5.74, 6) is 3.51. The van der Waals surface area contributed by atoms with Crippen LogP contribution in [0, 0.1) is 79.7 Å². The van der Waals surface area contributed by atoms with E-state index in [-0.39, 0.29) is 115 Å². The smallest absolute Gasteiger partial charge is 0.421 e. The van der Waals surface area contributed by atoms with Crippen LogP contribution < -0.4 is 0 Å². The Kier molecular flexibility index (Phi) is 42.0. The van der Waals surface area contributed by atoms with Crippen LogP contribution in [0.5, 0.6) is 23.0 Å². The van der Waals surface area contributed by atoms with E-state index in [2.05, 4.69) is 105 Å². The number of hydrogen-bond acceptors (Lipinski definition) is 24. The first-order chi connectivity index (χ1) is 68.8. The van der Waals surface area contributed by atoms with Crippen molar-refractivity contribution in [1.82, 2.24) is 80.7 Å². The predicted molar refractivity (Wildman–Crippen MR) is 510 cm³/mol. The molecule has 148 heavy (non-hydrogen) atoms. The van der Waals surface area contributed by atoms with Gasteiger partial charge in [0.1, 0.15) is 23.0 Å². The van der Waals surface area contributed by atoms with E-state index in [1.54, 1.807) is 165 Å². The van der Waals surface area contributed by atoms with Crippen molar-refractivity contribution in [2.45, 2.75) is 80.1 Å². The first-order valence-corrected chi connectivity index (χ1v) is 43.2. The van der Waals surface area contributed by atoms with Gasteiger partial charge in [-0.3, -0.25) is 9.97 Å². The number of aromatic nitrogens is 16. The summed E-state index contributed by atoms with van der Waals surface area (Å²) in [5, 5.41) is 70.6. The Morgan fingerprint density at radius 3 is 0.811 bits per heavy atom. The minimum atomic E-state index is -4.50. The van der Waals surface area contributed by atoms with Gasteiger partial charge < -0.3 is 68.0 Å². The fraction of sp³-hybridized carbons (Fsp3) is 0.111. The predicted octanol–water partition coefficient (Wildman–Crippen LogP) is 26.7. The van der Waals surface area contributed by atoms with E-state index in [4.69, 9.17) is 17.7 Å². The van der Waals surface area contributed by atoms with Gasteiger partial charge >= 0.3 is 24.7 Å². The number of alkyl halides is 12. The third-order valence-electron chi connectivity index (χ3n) is 19.9. The first kappa shape index (κ1) is 116. The molecule has 0 atom stereocenters. The molecule has 20 rings (SSSR count). The standard InChI is InChI=1S/4C14H10N2O2.4C13H10F3N2.4Ir/c4*17-12-9-5-4-8-11(12)14-16-15-13(18-14)10-6-2-1-3-7-10;1-8-3-4-17-11(5-8)10-6-9(2)18-12(7-10)13(14,15)16;1-8-5-6-17-11(7-8)10-3-4-12(13(14,15)16)18-9(10)2;1-8-4-3-5-11(17-8)10-6-9(2)18-12(7-10)13(14,15)16;1-8-4-3-5-11(17-8)10-6-7-12(13(14,15)16)18-9(10)2;;;;/h4*1-9,17H;3-6H,1-2H3;4-7H,1-2H3;3-6H,1-2H3;3-5,7H,1-2H3;;;;/q;;;;4*-1;;;;. The molecule has 20 aromatic rings. The van der Waals surface area contributed by atoms with E-state index in [9.17, 15) is 73.1 Å². The van der Waals surface area contributed by atoms with Gasteiger partial charge in [0.15, 0.2) is 0 Å². The van der Waals surface area contributed by atoms with Crippen molar-refractivity contribution in [2.24, 2.45) is 0 Å². The summed E-state index contributed by atoms with van der Waals surface area (Å²) in [7, 11) is 0. The maximum Gasteiger partial charge on any atom is 0.421 e. The number of halogens is 12. The number of aromatic hydroxyl groups is 4. The molecule has 764 valence electrons. The van der Waals surface area contributed by atoms with Crippen LogP contribution in [0.1, 0.15) is 68.1 Å². The monoisotopic (exact) mass is 2730 g/mol. The summed E-state index contributed by atoms with van der Waals surface area (Å²) < 4.78 is 173. The van der Waals surface area contributed by atoms with Crippen LogP contribution in [0.4, 0.5) is 52.7 Å². The van der Waals surface area contributed by atoms with Gasteiger partial charge in [0, 0.05) is 126 Å². The molecule has 0 aliphatic heterocycles. The summed E-state index contributed by atoms with van der Waals surface area (Å²) in [6.45, 7) is 13.4. The molecule has 0 unspecified atom stereocenters. The van der Waals surface area contributed by atoms with Crippen LogP contribution in [-0.4, -0.2) is 101 Å². The quantitative estimate of drug-likeness (QED) is 0.0652. The zero-order valence-electron chi connectivity index (χ0n) is 78.5. The average Bonchev–Trinajstić information content (AvgIpc) is 1.41. The van der Waals surface area contributed by atoms with Crippen LogP contribution in [0.3, 0.4) is 0 Å². The molecule has 0 saturated heterocycles. The van der Waals surface area contributed by atoms with E-state index in [0.29, 0.717) is 126 Å². The van der Waals surface area contributed by atoms with Crippen molar-refractivity contribution in [1.29, 1.82) is 0 Å². The second-order valence-corrected chi connectivity index (χ2v) is 31.0. The summed E-state index contributed by atoms with van der Waals surface area (Å²) in [4.78, 5) is 30.6. The summed E-state index contributed by atoms with van der Waals surface area (Å²) in [6.07, 6.45) is -14.7. The molecule has 0 spiro atoms. The van der Waals surface area contributed by atoms with Gasteiger partial charge in [0.25, 0.3) is 23.6 Å². The molecule has 0 saturated carbocycles. The van der Waals surface area contributed by atoms with Crippen molar-refractivity contribution in [3.63, 3.8) is 0 Å². The fourth-order valence-electron chi connectivity index (χ4n) is 13.1. The molecule has 4 radical (unpaired) electrons. The van der Waals surface area contributed by atoms with Gasteiger partial charge in [-0.2, -0.15) is 63.8 Å². The number of pyridine rings is 8. The van der Waals surface area contributed by atoms with Crippen molar-refractivity contribution >= 4 is 0 Å². The van der Waals surface area contributed by atoms with E-state index < -0.39 is 47.5 Å². The zero-order valence-corrected chi connectivity index (χ0v) is 88.0. The minimum Gasteiger partial charge on any atom is -0.507 e. The molecule has 0 amide bonds. The maximum absolute atomic E-state index is 12.6. The Balaban J connectivity index is 0.000000187. The Labute approximate surface area is 893 Å². The molecular formula is C108H80F12Ir4N16O8-4. The molecule has 12 aromatic heterocycles. The van der Waals surface area contributed by atoms with Gasteiger partial charge in [-0.1, -0.05) is 183 Å². The van der Waals surface area contributed by atoms with E-state index in [1.165, 1.54) is 39.8 Å². The molecule has 12 heterocycles. The number of hydrogen-bond donors (Lipinski definition) is 4. The number of aryl methyl sites for hydroxylation is 8. The molecule has 8 aromatic carbocycles. The minimum absolute atomic E-state index is 0. The SMILES string of the molecule is Cc1cc(-c2cccc(C)n2)[c-]c(C(F)(F)F)n1.Cc1cccc(-c2[c-]cc(C(F)(F)F)nc2C)n1.Cc1ccnc(-c2[c-]c(C(F)(F)F)nc(C)c2)c1.Cc1ccnc(-c2[c-]cc(C(F)(F)F)nc2C)c1.Oc1ccccc1-c1nnc(-c2ccccc2)o1.Oc1ccccc1-c1nnc(-c2ccccc2)o1.Oc1ccccc1-c1nnc(-c2ccccc2)o1.Oc1ccccc1-c1nnc(-c2ccccc2)o1.[Ir].[Ir].[Ir].[Ir]. The third-order valence-corrected chi connectivity index (χ3v) is 19.9. The Morgan fingerprint density at radius 2 is 0.520 bits per heavy atom. The molecule has 40 heteroatoms.